The lowest BCUT2D eigenvalue weighted by Crippen LogP contribution is -2.41. The van der Waals surface area contributed by atoms with Crippen molar-refractivity contribution >= 4 is 27.5 Å². The normalized spacial score (nSPS) is 21.3. The van der Waals surface area contributed by atoms with Crippen LogP contribution >= 0.6 is 27.5 Å². The van der Waals surface area contributed by atoms with Crippen LogP contribution in [0.25, 0.3) is 0 Å². The van der Waals surface area contributed by atoms with Crippen molar-refractivity contribution < 1.29 is 5.11 Å². The maximum absolute atomic E-state index is 10.9. The molecule has 0 radical (unpaired) electrons. The quantitative estimate of drug-likeness (QED) is 0.874. The highest BCUT2D eigenvalue weighted by atomic mass is 79.9. The summed E-state index contributed by atoms with van der Waals surface area (Å²) in [6.45, 7) is 1.71. The SMILES string of the molecule is CC(O)(c1ccc(Br)cc1Cl)C1(C#N)CCCC1. The van der Waals surface area contributed by atoms with E-state index in [0.717, 1.165) is 30.2 Å². The Morgan fingerprint density at radius 3 is 2.56 bits per heavy atom. The van der Waals surface area contributed by atoms with E-state index >= 15 is 0 Å². The molecule has 0 amide bonds. The standard InChI is InChI=1S/C14H15BrClNO/c1-13(18,14(9-17)6-2-3-7-14)11-5-4-10(15)8-12(11)16/h4-5,8,18H,2-3,6-7H2,1H3. The predicted octanol–water partition coefficient (Wildman–Crippen LogP) is 4.39. The van der Waals surface area contributed by atoms with Gasteiger partial charge in [0, 0.05) is 15.1 Å². The molecule has 0 aliphatic heterocycles. The first kappa shape index (κ1) is 13.9. The summed E-state index contributed by atoms with van der Waals surface area (Å²) < 4.78 is 0.865. The largest absolute Gasteiger partial charge is 0.384 e. The van der Waals surface area contributed by atoms with Gasteiger partial charge in [-0.3, -0.25) is 0 Å². The average molecular weight is 329 g/mol. The van der Waals surface area contributed by atoms with Crippen molar-refractivity contribution in [1.29, 1.82) is 5.26 Å². The molecule has 1 aliphatic carbocycles. The number of hydrogen-bond donors (Lipinski definition) is 1. The molecule has 2 rings (SSSR count). The highest BCUT2D eigenvalue weighted by Crippen LogP contribution is 2.52. The Kier molecular flexibility index (Phi) is 3.73. The number of nitriles is 1. The Morgan fingerprint density at radius 2 is 2.06 bits per heavy atom. The number of hydrogen-bond acceptors (Lipinski definition) is 2. The molecule has 0 saturated heterocycles. The first-order valence-corrected chi connectivity index (χ1v) is 7.19. The van der Waals surface area contributed by atoms with Crippen molar-refractivity contribution in [3.63, 3.8) is 0 Å². The third-order valence-corrected chi connectivity index (χ3v) is 4.86. The highest BCUT2D eigenvalue weighted by molar-refractivity contribution is 9.10. The van der Waals surface area contributed by atoms with Gasteiger partial charge in [-0.2, -0.15) is 5.26 Å². The summed E-state index contributed by atoms with van der Waals surface area (Å²) in [6.07, 6.45) is 3.42. The van der Waals surface area contributed by atoms with E-state index in [0.29, 0.717) is 10.6 Å². The van der Waals surface area contributed by atoms with Crippen molar-refractivity contribution in [3.8, 4) is 6.07 Å². The minimum atomic E-state index is -1.21. The smallest absolute Gasteiger partial charge is 0.107 e. The van der Waals surface area contributed by atoms with Crippen LogP contribution in [0.1, 0.15) is 38.2 Å². The summed E-state index contributed by atoms with van der Waals surface area (Å²) in [4.78, 5) is 0. The zero-order valence-electron chi connectivity index (χ0n) is 10.2. The van der Waals surface area contributed by atoms with Crippen LogP contribution in [0, 0.1) is 16.7 Å². The third kappa shape index (κ3) is 2.07. The summed E-state index contributed by atoms with van der Waals surface area (Å²) in [5.41, 5.74) is -1.30. The van der Waals surface area contributed by atoms with E-state index in [1.54, 1.807) is 19.1 Å². The minimum Gasteiger partial charge on any atom is -0.384 e. The van der Waals surface area contributed by atoms with Gasteiger partial charge in [-0.1, -0.05) is 46.4 Å². The molecular formula is C14H15BrClNO. The summed E-state index contributed by atoms with van der Waals surface area (Å²) in [6, 6.07) is 7.73. The van der Waals surface area contributed by atoms with E-state index in [-0.39, 0.29) is 0 Å². The van der Waals surface area contributed by atoms with Crippen molar-refractivity contribution in [3.05, 3.63) is 33.3 Å². The summed E-state index contributed by atoms with van der Waals surface area (Å²) in [7, 11) is 0. The molecule has 0 spiro atoms. The fraction of sp³-hybridized carbons (Fsp3) is 0.500. The molecule has 4 heteroatoms. The molecule has 0 heterocycles. The van der Waals surface area contributed by atoms with E-state index in [1.165, 1.54) is 0 Å². The van der Waals surface area contributed by atoms with Crippen LogP contribution in [0.15, 0.2) is 22.7 Å². The van der Waals surface area contributed by atoms with Crippen LogP contribution in [0.5, 0.6) is 0 Å². The predicted molar refractivity (Wildman–Crippen MR) is 75.2 cm³/mol. The van der Waals surface area contributed by atoms with Gasteiger partial charge in [-0.15, -0.1) is 0 Å². The monoisotopic (exact) mass is 327 g/mol. The van der Waals surface area contributed by atoms with E-state index in [2.05, 4.69) is 22.0 Å². The Balaban J connectivity index is 2.50. The van der Waals surface area contributed by atoms with Crippen LogP contribution in [0.3, 0.4) is 0 Å². The first-order valence-electron chi connectivity index (χ1n) is 6.02. The lowest BCUT2D eigenvalue weighted by molar-refractivity contribution is -0.0421. The summed E-state index contributed by atoms with van der Waals surface area (Å²) >= 11 is 9.56. The second-order valence-corrected chi connectivity index (χ2v) is 6.42. The zero-order chi connectivity index (χ0) is 13.4. The van der Waals surface area contributed by atoms with Crippen LogP contribution in [0.4, 0.5) is 0 Å². The molecule has 1 aromatic rings. The number of halogens is 2. The highest BCUT2D eigenvalue weighted by Gasteiger charge is 2.51. The number of benzene rings is 1. The maximum atomic E-state index is 10.9. The number of rotatable bonds is 2. The van der Waals surface area contributed by atoms with Gasteiger partial charge in [0.15, 0.2) is 0 Å². The lowest BCUT2D eigenvalue weighted by Gasteiger charge is -2.38. The molecule has 1 aromatic carbocycles. The molecule has 1 atom stereocenters. The molecule has 0 aromatic heterocycles. The summed E-state index contributed by atoms with van der Waals surface area (Å²) in [5, 5.41) is 20.9. The molecule has 2 nitrogen and oxygen atoms in total. The van der Waals surface area contributed by atoms with Gasteiger partial charge in [-0.05, 0) is 31.9 Å². The lowest BCUT2D eigenvalue weighted by atomic mass is 9.69. The van der Waals surface area contributed by atoms with Crippen LogP contribution in [-0.2, 0) is 5.60 Å². The fourth-order valence-electron chi connectivity index (χ4n) is 2.83. The van der Waals surface area contributed by atoms with Gasteiger partial charge in [0.1, 0.15) is 5.60 Å². The maximum Gasteiger partial charge on any atom is 0.107 e. The van der Waals surface area contributed by atoms with Crippen molar-refractivity contribution in [2.45, 2.75) is 38.2 Å². The van der Waals surface area contributed by atoms with Crippen molar-refractivity contribution in [1.82, 2.24) is 0 Å². The van der Waals surface area contributed by atoms with E-state index < -0.39 is 11.0 Å². The summed E-state index contributed by atoms with van der Waals surface area (Å²) in [5.74, 6) is 0. The van der Waals surface area contributed by atoms with Gasteiger partial charge in [0.05, 0.1) is 11.5 Å². The molecule has 1 N–H and O–H groups in total. The van der Waals surface area contributed by atoms with Gasteiger partial charge >= 0.3 is 0 Å². The topological polar surface area (TPSA) is 44.0 Å². The average Bonchev–Trinajstić information content (AvgIpc) is 2.78. The zero-order valence-corrected chi connectivity index (χ0v) is 12.6. The molecule has 0 bridgehead atoms. The molecule has 1 saturated carbocycles. The number of nitrogens with zero attached hydrogens (tertiary/aromatic N) is 1. The Labute approximate surface area is 121 Å². The molecule has 1 unspecified atom stereocenters. The van der Waals surface area contributed by atoms with Gasteiger partial charge in [0.25, 0.3) is 0 Å². The van der Waals surface area contributed by atoms with Crippen LogP contribution in [-0.4, -0.2) is 5.11 Å². The molecule has 1 fully saturated rings. The van der Waals surface area contributed by atoms with Crippen molar-refractivity contribution in [2.24, 2.45) is 5.41 Å². The Hall–Kier alpha value is -0.560. The van der Waals surface area contributed by atoms with E-state index in [9.17, 15) is 10.4 Å². The van der Waals surface area contributed by atoms with E-state index in [4.69, 9.17) is 11.6 Å². The van der Waals surface area contributed by atoms with E-state index in [1.807, 2.05) is 6.07 Å². The molecule has 18 heavy (non-hydrogen) atoms. The molecule has 1 aliphatic rings. The Bertz CT molecular complexity index is 501. The third-order valence-electron chi connectivity index (χ3n) is 4.06. The molecule has 96 valence electrons. The number of aliphatic hydroxyl groups is 1. The van der Waals surface area contributed by atoms with Gasteiger partial charge < -0.3 is 5.11 Å². The Morgan fingerprint density at radius 1 is 1.44 bits per heavy atom. The first-order chi connectivity index (χ1) is 8.43. The van der Waals surface area contributed by atoms with Gasteiger partial charge in [0.2, 0.25) is 0 Å². The van der Waals surface area contributed by atoms with Crippen LogP contribution in [0.2, 0.25) is 5.02 Å². The van der Waals surface area contributed by atoms with Crippen LogP contribution < -0.4 is 0 Å². The second-order valence-electron chi connectivity index (χ2n) is 5.10. The van der Waals surface area contributed by atoms with Gasteiger partial charge in [-0.25, -0.2) is 0 Å². The fourth-order valence-corrected chi connectivity index (χ4v) is 3.69. The second kappa shape index (κ2) is 4.85. The van der Waals surface area contributed by atoms with Crippen molar-refractivity contribution in [2.75, 3.05) is 0 Å². The molecular weight excluding hydrogens is 314 g/mol. The minimum absolute atomic E-state index is 0.496.